The number of amides is 4. The first kappa shape index (κ1) is 30.0. The Labute approximate surface area is 236 Å². The van der Waals surface area contributed by atoms with E-state index in [1.807, 2.05) is 12.1 Å². The van der Waals surface area contributed by atoms with Crippen molar-refractivity contribution in [1.29, 1.82) is 0 Å². The number of aliphatic hydroxyl groups is 1. The summed E-state index contributed by atoms with van der Waals surface area (Å²) in [7, 11) is 2.47. The van der Waals surface area contributed by atoms with Gasteiger partial charge in [0.05, 0.1) is 30.7 Å². The summed E-state index contributed by atoms with van der Waals surface area (Å²) in [6.45, 7) is 1.91. The van der Waals surface area contributed by atoms with Crippen LogP contribution in [-0.4, -0.2) is 84.9 Å². The van der Waals surface area contributed by atoms with E-state index in [0.29, 0.717) is 44.6 Å². The summed E-state index contributed by atoms with van der Waals surface area (Å²) in [5.74, 6) is -3.20. The van der Waals surface area contributed by atoms with Crippen molar-refractivity contribution in [2.75, 3.05) is 47.0 Å². The van der Waals surface area contributed by atoms with E-state index in [0.717, 1.165) is 24.1 Å². The van der Waals surface area contributed by atoms with Gasteiger partial charge in [-0.25, -0.2) is 28.1 Å². The van der Waals surface area contributed by atoms with Crippen LogP contribution in [0.4, 0.5) is 18.4 Å². The van der Waals surface area contributed by atoms with E-state index >= 15 is 0 Å². The third-order valence-electron chi connectivity index (χ3n) is 7.26. The van der Waals surface area contributed by atoms with Crippen LogP contribution in [0.25, 0.3) is 0 Å². The molecule has 4 rings (SSSR count). The number of esters is 1. The molecule has 1 unspecified atom stereocenters. The normalized spacial score (nSPS) is 19.1. The Kier molecular flexibility index (Phi) is 9.63. The van der Waals surface area contributed by atoms with E-state index in [2.05, 4.69) is 20.5 Å². The van der Waals surface area contributed by atoms with Crippen molar-refractivity contribution in [3.05, 3.63) is 76.8 Å². The monoisotopic (exact) mass is 573 g/mol. The molecule has 220 valence electrons. The summed E-state index contributed by atoms with van der Waals surface area (Å²) in [5.41, 5.74) is -0.440. The fourth-order valence-electron chi connectivity index (χ4n) is 5.10. The van der Waals surface area contributed by atoms with Crippen molar-refractivity contribution >= 4 is 18.0 Å². The highest BCUT2D eigenvalue weighted by atomic mass is 19.2. The number of benzene rings is 1. The van der Waals surface area contributed by atoms with Crippen LogP contribution in [0.2, 0.25) is 0 Å². The number of likely N-dealkylation sites (tertiary alicyclic amines) is 1. The first-order valence-corrected chi connectivity index (χ1v) is 13.2. The number of carbonyl (C=O) groups excluding carboxylic acids is 3. The molecule has 0 radical (unpaired) electrons. The number of aromatic nitrogens is 1. The van der Waals surface area contributed by atoms with E-state index in [4.69, 9.17) is 9.47 Å². The third-order valence-corrected chi connectivity index (χ3v) is 7.26. The molecule has 3 N–H and O–H groups in total. The van der Waals surface area contributed by atoms with Gasteiger partial charge < -0.3 is 30.1 Å². The average Bonchev–Trinajstić information content (AvgIpc) is 2.97. The second kappa shape index (κ2) is 13.1. The molecule has 13 heteroatoms. The molecule has 1 aromatic heterocycles. The molecule has 0 spiro atoms. The number of halogens is 2. The van der Waals surface area contributed by atoms with E-state index in [-0.39, 0.29) is 30.0 Å². The molecule has 41 heavy (non-hydrogen) atoms. The SMILES string of the molecule is COCC1=C(C(=O)OC)C(c2ccc(F)c(F)c2)N(C(=O)NCCCN2CCC(O)(c3ccccn3)CC2)C(=O)N1. The highest BCUT2D eigenvalue weighted by Gasteiger charge is 2.43. The zero-order valence-electron chi connectivity index (χ0n) is 22.9. The van der Waals surface area contributed by atoms with Crippen molar-refractivity contribution < 1.29 is 37.7 Å². The van der Waals surface area contributed by atoms with Crippen LogP contribution in [0.5, 0.6) is 0 Å². The Morgan fingerprint density at radius 1 is 1.17 bits per heavy atom. The van der Waals surface area contributed by atoms with E-state index in [9.17, 15) is 28.3 Å². The molecule has 0 bridgehead atoms. The average molecular weight is 574 g/mol. The minimum atomic E-state index is -1.40. The number of nitrogens with zero attached hydrogens (tertiary/aromatic N) is 3. The van der Waals surface area contributed by atoms with Gasteiger partial charge in [0.1, 0.15) is 11.6 Å². The quantitative estimate of drug-likeness (QED) is 0.308. The molecule has 1 atom stereocenters. The van der Waals surface area contributed by atoms with E-state index < -0.39 is 41.3 Å². The lowest BCUT2D eigenvalue weighted by atomic mass is 9.87. The van der Waals surface area contributed by atoms with Crippen molar-refractivity contribution in [2.45, 2.75) is 30.9 Å². The second-order valence-electron chi connectivity index (χ2n) is 9.87. The lowest BCUT2D eigenvalue weighted by Crippen LogP contribution is -2.55. The van der Waals surface area contributed by atoms with Gasteiger partial charge in [-0.15, -0.1) is 0 Å². The number of carbonyl (C=O) groups is 3. The number of imide groups is 1. The standard InChI is InChI=1S/C28H33F2N5O6/c1-40-17-21-23(25(36)41-2)24(18-7-8-19(29)20(30)16-18)35(27(38)33-21)26(37)32-12-5-13-34-14-9-28(39,10-15-34)22-6-3-4-11-31-22/h3-4,6-8,11,16,24,39H,5,9-10,12-15,17H2,1-2H3,(H,32,37)(H,33,38). The Hall–Kier alpha value is -3.94. The van der Waals surface area contributed by atoms with Crippen LogP contribution in [0.1, 0.15) is 36.6 Å². The smallest absolute Gasteiger partial charge is 0.338 e. The lowest BCUT2D eigenvalue weighted by Gasteiger charge is -2.38. The van der Waals surface area contributed by atoms with Crippen LogP contribution in [0.15, 0.2) is 53.9 Å². The fraction of sp³-hybridized carbons (Fsp3) is 0.429. The van der Waals surface area contributed by atoms with Gasteiger partial charge in [0.25, 0.3) is 0 Å². The molecule has 1 aromatic carbocycles. The summed E-state index contributed by atoms with van der Waals surface area (Å²) >= 11 is 0. The number of ether oxygens (including phenoxy) is 2. The number of piperidine rings is 1. The Bertz CT molecular complexity index is 1300. The molecular weight excluding hydrogens is 540 g/mol. The zero-order valence-corrected chi connectivity index (χ0v) is 22.9. The number of urea groups is 2. The third kappa shape index (κ3) is 6.69. The molecule has 1 saturated heterocycles. The van der Waals surface area contributed by atoms with Crippen molar-refractivity contribution in [3.63, 3.8) is 0 Å². The number of nitrogens with one attached hydrogen (secondary N) is 2. The molecule has 2 aliphatic heterocycles. The van der Waals surface area contributed by atoms with Crippen molar-refractivity contribution in [2.24, 2.45) is 0 Å². The van der Waals surface area contributed by atoms with Gasteiger partial charge in [-0.1, -0.05) is 12.1 Å². The van der Waals surface area contributed by atoms with Crippen LogP contribution >= 0.6 is 0 Å². The lowest BCUT2D eigenvalue weighted by molar-refractivity contribution is -0.137. The van der Waals surface area contributed by atoms with Crippen LogP contribution in [-0.2, 0) is 19.9 Å². The zero-order chi connectivity index (χ0) is 29.6. The second-order valence-corrected chi connectivity index (χ2v) is 9.87. The van der Waals surface area contributed by atoms with Gasteiger partial charge in [-0.3, -0.25) is 4.98 Å². The maximum absolute atomic E-state index is 14.2. The summed E-state index contributed by atoms with van der Waals surface area (Å²) in [5, 5.41) is 16.1. The van der Waals surface area contributed by atoms with Crippen molar-refractivity contribution in [3.8, 4) is 0 Å². The van der Waals surface area contributed by atoms with E-state index in [1.54, 1.807) is 12.3 Å². The predicted octanol–water partition coefficient (Wildman–Crippen LogP) is 2.58. The highest BCUT2D eigenvalue weighted by molar-refractivity contribution is 6.01. The van der Waals surface area contributed by atoms with Crippen LogP contribution < -0.4 is 10.6 Å². The number of rotatable bonds is 9. The summed E-state index contributed by atoms with van der Waals surface area (Å²) in [6, 6.07) is 5.22. The summed E-state index contributed by atoms with van der Waals surface area (Å²) in [6.07, 6.45) is 3.23. The Morgan fingerprint density at radius 2 is 1.93 bits per heavy atom. The van der Waals surface area contributed by atoms with Crippen molar-refractivity contribution in [1.82, 2.24) is 25.4 Å². The van der Waals surface area contributed by atoms with E-state index in [1.165, 1.54) is 13.2 Å². The minimum Gasteiger partial charge on any atom is -0.466 e. The highest BCUT2D eigenvalue weighted by Crippen LogP contribution is 2.35. The Morgan fingerprint density at radius 3 is 2.56 bits per heavy atom. The van der Waals surface area contributed by atoms with Gasteiger partial charge in [-0.05, 0) is 55.6 Å². The van der Waals surface area contributed by atoms with Crippen LogP contribution in [0, 0.1) is 11.6 Å². The molecular formula is C28H33F2N5O6. The van der Waals surface area contributed by atoms with Crippen LogP contribution in [0.3, 0.4) is 0 Å². The largest absolute Gasteiger partial charge is 0.466 e. The number of pyridine rings is 1. The van der Waals surface area contributed by atoms with Gasteiger partial charge in [0, 0.05) is 32.9 Å². The van der Waals surface area contributed by atoms with Gasteiger partial charge in [0.15, 0.2) is 11.6 Å². The predicted molar refractivity (Wildman–Crippen MR) is 142 cm³/mol. The molecule has 4 amide bonds. The minimum absolute atomic E-state index is 0.00314. The molecule has 11 nitrogen and oxygen atoms in total. The number of hydrogen-bond acceptors (Lipinski definition) is 8. The summed E-state index contributed by atoms with van der Waals surface area (Å²) in [4.78, 5) is 46.3. The first-order valence-electron chi connectivity index (χ1n) is 13.2. The topological polar surface area (TPSA) is 133 Å². The van der Waals surface area contributed by atoms with Gasteiger partial charge in [0.2, 0.25) is 0 Å². The molecule has 3 heterocycles. The molecule has 2 aromatic rings. The maximum Gasteiger partial charge on any atom is 0.338 e. The first-order chi connectivity index (χ1) is 19.7. The molecule has 0 aliphatic carbocycles. The maximum atomic E-state index is 14.2. The van der Waals surface area contributed by atoms with Gasteiger partial charge in [-0.2, -0.15) is 0 Å². The summed E-state index contributed by atoms with van der Waals surface area (Å²) < 4.78 is 37.9. The molecule has 0 saturated carbocycles. The fourth-order valence-corrected chi connectivity index (χ4v) is 5.10. The number of hydrogen-bond donors (Lipinski definition) is 3. The molecule has 1 fully saturated rings. The number of methoxy groups -OCH3 is 2. The van der Waals surface area contributed by atoms with Gasteiger partial charge >= 0.3 is 18.0 Å². The molecule has 2 aliphatic rings. The Balaban J connectivity index is 1.43.